The molecule has 224 valence electrons. The SMILES string of the molecule is C=CCC/C=C/C(=O)Cc1c(Cl)c(O[Si](C)(C)C(C)(C)C)cc(O[Si](C)(C)C(C)(C)C)c1C(=O)O[C@H](C)CC=C. The average Bonchev–Trinajstić information content (AvgIpc) is 2.78. The second-order valence-electron chi connectivity index (χ2n) is 13.4. The van der Waals surface area contributed by atoms with Crippen LogP contribution in [0.15, 0.2) is 43.5 Å². The highest BCUT2D eigenvalue weighted by Crippen LogP contribution is 2.46. The summed E-state index contributed by atoms with van der Waals surface area (Å²) in [5.74, 6) is 0.0132. The summed E-state index contributed by atoms with van der Waals surface area (Å²) in [4.78, 5) is 26.9. The van der Waals surface area contributed by atoms with Crippen molar-refractivity contribution in [2.75, 3.05) is 0 Å². The lowest BCUT2D eigenvalue weighted by Crippen LogP contribution is -2.45. The van der Waals surface area contributed by atoms with Crippen molar-refractivity contribution in [1.82, 2.24) is 0 Å². The van der Waals surface area contributed by atoms with E-state index >= 15 is 0 Å². The molecule has 0 bridgehead atoms. The second-order valence-corrected chi connectivity index (χ2v) is 23.2. The maximum atomic E-state index is 13.7. The molecule has 0 unspecified atom stereocenters. The van der Waals surface area contributed by atoms with E-state index < -0.39 is 28.7 Å². The monoisotopic (exact) mass is 606 g/mol. The van der Waals surface area contributed by atoms with Crippen molar-refractivity contribution in [2.24, 2.45) is 0 Å². The first-order valence-electron chi connectivity index (χ1n) is 14.0. The smallest absolute Gasteiger partial charge is 0.342 e. The Kier molecular flexibility index (Phi) is 12.7. The van der Waals surface area contributed by atoms with E-state index in [-0.39, 0.29) is 32.9 Å². The van der Waals surface area contributed by atoms with Gasteiger partial charge in [0.2, 0.25) is 0 Å². The molecule has 1 aromatic carbocycles. The molecular weight excluding hydrogens is 556 g/mol. The van der Waals surface area contributed by atoms with Crippen molar-refractivity contribution in [3.63, 3.8) is 0 Å². The highest BCUT2D eigenvalue weighted by Gasteiger charge is 2.42. The Bertz CT molecular complexity index is 1110. The van der Waals surface area contributed by atoms with Crippen molar-refractivity contribution < 1.29 is 23.2 Å². The van der Waals surface area contributed by atoms with Gasteiger partial charge in [-0.1, -0.05) is 71.4 Å². The lowest BCUT2D eigenvalue weighted by Gasteiger charge is -2.39. The summed E-state index contributed by atoms with van der Waals surface area (Å²) in [6.45, 7) is 30.6. The molecule has 5 nitrogen and oxygen atoms in total. The molecule has 1 aromatic rings. The van der Waals surface area contributed by atoms with Crippen LogP contribution in [-0.4, -0.2) is 34.5 Å². The lowest BCUT2D eigenvalue weighted by atomic mass is 10.00. The van der Waals surface area contributed by atoms with Crippen LogP contribution >= 0.6 is 11.6 Å². The molecule has 0 aliphatic heterocycles. The van der Waals surface area contributed by atoms with Gasteiger partial charge < -0.3 is 13.6 Å². The number of unbranched alkanes of at least 4 members (excludes halogenated alkanes) is 1. The molecule has 0 fully saturated rings. The van der Waals surface area contributed by atoms with Gasteiger partial charge in [-0.05, 0) is 62.1 Å². The van der Waals surface area contributed by atoms with Gasteiger partial charge in [0.1, 0.15) is 23.2 Å². The summed E-state index contributed by atoms with van der Waals surface area (Å²) in [5.41, 5.74) is 0.543. The zero-order chi connectivity index (χ0) is 31.1. The second kappa shape index (κ2) is 14.2. The highest BCUT2D eigenvalue weighted by molar-refractivity contribution is 6.75. The Morgan fingerprint density at radius 2 is 1.45 bits per heavy atom. The summed E-state index contributed by atoms with van der Waals surface area (Å²) in [7, 11) is -4.76. The number of esters is 1. The Morgan fingerprint density at radius 3 is 1.93 bits per heavy atom. The molecule has 8 heteroatoms. The Hall–Kier alpha value is -2.10. The number of hydrogen-bond acceptors (Lipinski definition) is 5. The van der Waals surface area contributed by atoms with Crippen LogP contribution in [0.2, 0.25) is 41.3 Å². The quantitative estimate of drug-likeness (QED) is 0.0693. The normalized spacial score (nSPS) is 13.6. The first-order valence-corrected chi connectivity index (χ1v) is 20.2. The minimum Gasteiger partial charge on any atom is -0.543 e. The number of carbonyl (C=O) groups excluding carboxylic acids is 2. The van der Waals surface area contributed by atoms with Gasteiger partial charge in [-0.3, -0.25) is 4.79 Å². The predicted octanol–water partition coefficient (Wildman–Crippen LogP) is 9.86. The fourth-order valence-electron chi connectivity index (χ4n) is 3.25. The maximum Gasteiger partial charge on any atom is 0.342 e. The molecule has 0 radical (unpaired) electrons. The van der Waals surface area contributed by atoms with Gasteiger partial charge >= 0.3 is 5.97 Å². The van der Waals surface area contributed by atoms with Crippen molar-refractivity contribution >= 4 is 40.0 Å². The number of allylic oxidation sites excluding steroid dienone is 3. The predicted molar refractivity (Wildman–Crippen MR) is 174 cm³/mol. The minimum atomic E-state index is -2.43. The van der Waals surface area contributed by atoms with Crippen LogP contribution in [-0.2, 0) is 16.0 Å². The van der Waals surface area contributed by atoms with Crippen LogP contribution in [0, 0.1) is 0 Å². The first-order chi connectivity index (χ1) is 18.2. The maximum absolute atomic E-state index is 13.7. The number of halogens is 1. The number of hydrogen-bond donors (Lipinski definition) is 0. The van der Waals surface area contributed by atoms with Crippen LogP contribution in [0.4, 0.5) is 0 Å². The molecule has 0 aromatic heterocycles. The largest absolute Gasteiger partial charge is 0.543 e. The standard InChI is InChI=1S/C32H51ClO5Si2/c1-14-16-17-18-20-24(34)21-25-28(30(35)36-23(3)19-15-2)26(37-39(10,11)31(4,5)6)22-27(29(25)33)38-40(12,13)32(7,8)9/h14-15,18,20,22-23H,1-2,16-17,19,21H2,3-13H3/b20-18+/t23-/m1/s1. The fourth-order valence-corrected chi connectivity index (χ4v) is 5.60. The van der Waals surface area contributed by atoms with E-state index in [1.54, 1.807) is 25.1 Å². The van der Waals surface area contributed by atoms with Crippen molar-refractivity contribution in [2.45, 2.75) is 117 Å². The van der Waals surface area contributed by atoms with E-state index in [9.17, 15) is 9.59 Å². The summed E-state index contributed by atoms with van der Waals surface area (Å²) in [6.07, 6.45) is 8.31. The number of rotatable bonds is 14. The molecule has 0 amide bonds. The molecule has 40 heavy (non-hydrogen) atoms. The number of ketones is 1. The van der Waals surface area contributed by atoms with Gasteiger partial charge in [-0.2, -0.15) is 0 Å². The molecular formula is C32H51ClO5Si2. The van der Waals surface area contributed by atoms with Crippen molar-refractivity contribution in [3.8, 4) is 11.5 Å². The number of ether oxygens (including phenoxy) is 1. The third-order valence-electron chi connectivity index (χ3n) is 7.84. The van der Waals surface area contributed by atoms with E-state index in [2.05, 4.69) is 80.9 Å². The van der Waals surface area contributed by atoms with Crippen LogP contribution in [0.3, 0.4) is 0 Å². The zero-order valence-corrected chi connectivity index (χ0v) is 29.4. The van der Waals surface area contributed by atoms with Gasteiger partial charge in [0.25, 0.3) is 16.6 Å². The van der Waals surface area contributed by atoms with Crippen LogP contribution in [0.5, 0.6) is 11.5 Å². The third kappa shape index (κ3) is 9.77. The lowest BCUT2D eigenvalue weighted by molar-refractivity contribution is -0.114. The zero-order valence-electron chi connectivity index (χ0n) is 26.6. The van der Waals surface area contributed by atoms with Crippen LogP contribution in [0.25, 0.3) is 0 Å². The number of benzene rings is 1. The van der Waals surface area contributed by atoms with Crippen molar-refractivity contribution in [3.05, 3.63) is 59.7 Å². The fraction of sp³-hybridized carbons (Fsp3) is 0.562. The molecule has 0 spiro atoms. The average molecular weight is 607 g/mol. The highest BCUT2D eigenvalue weighted by atomic mass is 35.5. The molecule has 0 N–H and O–H groups in total. The van der Waals surface area contributed by atoms with Crippen LogP contribution in [0.1, 0.15) is 83.7 Å². The topological polar surface area (TPSA) is 61.8 Å². The van der Waals surface area contributed by atoms with Gasteiger partial charge in [0.15, 0.2) is 5.78 Å². The van der Waals surface area contributed by atoms with E-state index in [0.717, 1.165) is 6.42 Å². The molecule has 0 saturated heterocycles. The van der Waals surface area contributed by atoms with E-state index in [1.807, 2.05) is 6.08 Å². The first kappa shape index (κ1) is 35.9. The summed E-state index contributed by atoms with van der Waals surface area (Å²) in [5, 5.41) is -0.00399. The summed E-state index contributed by atoms with van der Waals surface area (Å²) in [6, 6.07) is 1.73. The summed E-state index contributed by atoms with van der Waals surface area (Å²) < 4.78 is 19.2. The molecule has 0 aliphatic carbocycles. The van der Waals surface area contributed by atoms with Crippen LogP contribution < -0.4 is 8.85 Å². The Morgan fingerprint density at radius 1 is 0.925 bits per heavy atom. The van der Waals surface area contributed by atoms with Gasteiger partial charge in [0.05, 0.1) is 5.02 Å². The van der Waals surface area contributed by atoms with Gasteiger partial charge in [-0.25, -0.2) is 4.79 Å². The summed E-state index contributed by atoms with van der Waals surface area (Å²) >= 11 is 7.01. The molecule has 0 saturated carbocycles. The van der Waals surface area contributed by atoms with E-state index in [4.69, 9.17) is 25.2 Å². The minimum absolute atomic E-state index is 0.0910. The van der Waals surface area contributed by atoms with Crippen molar-refractivity contribution in [1.29, 1.82) is 0 Å². The third-order valence-corrected chi connectivity index (χ3v) is 16.9. The Labute approximate surface area is 250 Å². The molecule has 0 aliphatic rings. The number of carbonyl (C=O) groups is 2. The van der Waals surface area contributed by atoms with Gasteiger partial charge in [0, 0.05) is 24.5 Å². The molecule has 1 rings (SSSR count). The van der Waals surface area contributed by atoms with E-state index in [0.29, 0.717) is 29.9 Å². The molecule has 1 atom stereocenters. The van der Waals surface area contributed by atoms with E-state index in [1.165, 1.54) is 6.08 Å². The van der Waals surface area contributed by atoms with Gasteiger partial charge in [-0.15, -0.1) is 13.2 Å². The molecule has 0 heterocycles. The Balaban J connectivity index is 3.95.